The van der Waals surface area contributed by atoms with E-state index >= 15 is 0 Å². The number of carboxylic acids is 2. The molecule has 4 nitrogen and oxygen atoms in total. The van der Waals surface area contributed by atoms with Crippen LogP contribution in [0.1, 0.15) is 11.1 Å². The average molecular weight is 294 g/mol. The maximum atomic E-state index is 10.2. The minimum atomic E-state index is -1.04. The summed E-state index contributed by atoms with van der Waals surface area (Å²) in [7, 11) is 0. The van der Waals surface area contributed by atoms with Gasteiger partial charge in [-0.25, -0.2) is 0 Å². The van der Waals surface area contributed by atoms with E-state index in [1.54, 1.807) is 36.4 Å². The Labute approximate surface area is 145 Å². The van der Waals surface area contributed by atoms with Gasteiger partial charge in [-0.05, 0) is 11.1 Å². The molecule has 2 aromatic rings. The molecule has 0 spiro atoms. The molecule has 1 N–H and O–H groups in total. The predicted molar refractivity (Wildman–Crippen MR) is 72.9 cm³/mol. The molecule has 0 radical (unpaired) electrons. The molecular formula is C16H15NaO4. The normalized spacial score (nSPS) is 8.76. The average Bonchev–Trinajstić information content (AvgIpc) is 2.40. The molecule has 0 saturated carbocycles. The second-order valence-electron chi connectivity index (χ2n) is 4.09. The monoisotopic (exact) mass is 294 g/mol. The Kier molecular flexibility index (Phi) is 10.2. The first kappa shape index (κ1) is 19.4. The van der Waals surface area contributed by atoms with Crippen LogP contribution in [0.15, 0.2) is 60.7 Å². The van der Waals surface area contributed by atoms with Gasteiger partial charge in [-0.15, -0.1) is 0 Å². The van der Waals surface area contributed by atoms with Gasteiger partial charge in [-0.2, -0.15) is 0 Å². The Morgan fingerprint density at radius 3 is 1.52 bits per heavy atom. The predicted octanol–water partition coefficient (Wildman–Crippen LogP) is -1.70. The van der Waals surface area contributed by atoms with E-state index in [9.17, 15) is 14.7 Å². The number of aliphatic carboxylic acids is 2. The van der Waals surface area contributed by atoms with Crippen molar-refractivity contribution in [2.45, 2.75) is 12.8 Å². The van der Waals surface area contributed by atoms with E-state index < -0.39 is 11.9 Å². The molecule has 2 rings (SSSR count). The van der Waals surface area contributed by atoms with Crippen molar-refractivity contribution in [1.29, 1.82) is 0 Å². The number of rotatable bonds is 4. The van der Waals surface area contributed by atoms with Crippen molar-refractivity contribution in [2.24, 2.45) is 0 Å². The van der Waals surface area contributed by atoms with Crippen LogP contribution in [0.25, 0.3) is 0 Å². The van der Waals surface area contributed by atoms with Gasteiger partial charge in [0.2, 0.25) is 0 Å². The second-order valence-corrected chi connectivity index (χ2v) is 4.09. The van der Waals surface area contributed by atoms with Crippen LogP contribution in [0.4, 0.5) is 0 Å². The minimum absolute atomic E-state index is 0. The number of carboxylic acid groups (broad SMARTS) is 2. The minimum Gasteiger partial charge on any atom is -0.550 e. The van der Waals surface area contributed by atoms with Crippen molar-refractivity contribution in [3.63, 3.8) is 0 Å². The fourth-order valence-corrected chi connectivity index (χ4v) is 1.53. The molecule has 0 aliphatic carbocycles. The summed E-state index contributed by atoms with van der Waals surface area (Å²) in [4.78, 5) is 20.2. The molecule has 21 heavy (non-hydrogen) atoms. The molecule has 0 fully saturated rings. The smallest absolute Gasteiger partial charge is 0.550 e. The van der Waals surface area contributed by atoms with Crippen molar-refractivity contribution >= 4 is 11.9 Å². The quantitative estimate of drug-likeness (QED) is 0.682. The van der Waals surface area contributed by atoms with E-state index in [2.05, 4.69) is 0 Å². The number of carbonyl (C=O) groups is 2. The first-order chi connectivity index (χ1) is 9.58. The molecule has 5 heteroatoms. The van der Waals surface area contributed by atoms with Gasteiger partial charge in [-0.1, -0.05) is 60.7 Å². The summed E-state index contributed by atoms with van der Waals surface area (Å²) in [6.45, 7) is 0. The fraction of sp³-hybridized carbons (Fsp3) is 0.125. The largest absolute Gasteiger partial charge is 1.00 e. The van der Waals surface area contributed by atoms with Crippen molar-refractivity contribution in [1.82, 2.24) is 0 Å². The summed E-state index contributed by atoms with van der Waals surface area (Å²) in [5.74, 6) is -1.82. The molecule has 0 amide bonds. The molecule has 0 aliphatic heterocycles. The Bertz CT molecular complexity index is 489. The molecule has 0 aliphatic rings. The summed E-state index contributed by atoms with van der Waals surface area (Å²) >= 11 is 0. The van der Waals surface area contributed by atoms with Crippen LogP contribution >= 0.6 is 0 Å². The first-order valence-electron chi connectivity index (χ1n) is 6.07. The van der Waals surface area contributed by atoms with Crippen LogP contribution in [0.5, 0.6) is 0 Å². The zero-order valence-electron chi connectivity index (χ0n) is 11.9. The van der Waals surface area contributed by atoms with Crippen molar-refractivity contribution in [3.05, 3.63) is 71.8 Å². The molecule has 104 valence electrons. The van der Waals surface area contributed by atoms with E-state index in [0.717, 1.165) is 11.1 Å². The van der Waals surface area contributed by atoms with Crippen LogP contribution in [0, 0.1) is 0 Å². The summed E-state index contributed by atoms with van der Waals surface area (Å²) in [5, 5.41) is 18.4. The molecule has 0 bridgehead atoms. The van der Waals surface area contributed by atoms with E-state index in [1.165, 1.54) is 0 Å². The van der Waals surface area contributed by atoms with Crippen molar-refractivity contribution in [3.8, 4) is 0 Å². The summed E-state index contributed by atoms with van der Waals surface area (Å²) < 4.78 is 0. The van der Waals surface area contributed by atoms with E-state index in [-0.39, 0.29) is 42.4 Å². The first-order valence-corrected chi connectivity index (χ1v) is 6.07. The fourth-order valence-electron chi connectivity index (χ4n) is 1.53. The maximum Gasteiger partial charge on any atom is 1.00 e. The number of benzene rings is 2. The van der Waals surface area contributed by atoms with Gasteiger partial charge < -0.3 is 15.0 Å². The molecule has 0 aromatic heterocycles. The SMILES string of the molecule is O=C(O)Cc1ccccc1.O=C([O-])Cc1ccccc1.[Na+]. The van der Waals surface area contributed by atoms with Gasteiger partial charge in [0.25, 0.3) is 0 Å². The molecular weight excluding hydrogens is 279 g/mol. The van der Waals surface area contributed by atoms with Gasteiger partial charge in [0.05, 0.1) is 6.42 Å². The topological polar surface area (TPSA) is 77.4 Å². The molecule has 0 unspecified atom stereocenters. The zero-order chi connectivity index (χ0) is 14.8. The molecule has 0 heterocycles. The van der Waals surface area contributed by atoms with Crippen molar-refractivity contribution in [2.75, 3.05) is 0 Å². The van der Waals surface area contributed by atoms with E-state index in [4.69, 9.17) is 5.11 Å². The summed E-state index contributed by atoms with van der Waals surface area (Å²) in [5.41, 5.74) is 1.62. The van der Waals surface area contributed by atoms with Crippen LogP contribution < -0.4 is 34.7 Å². The number of hydrogen-bond acceptors (Lipinski definition) is 3. The van der Waals surface area contributed by atoms with Gasteiger partial charge in [0, 0.05) is 12.4 Å². The van der Waals surface area contributed by atoms with Crippen molar-refractivity contribution < 1.29 is 49.4 Å². The zero-order valence-corrected chi connectivity index (χ0v) is 13.9. The Morgan fingerprint density at radius 2 is 1.19 bits per heavy atom. The van der Waals surface area contributed by atoms with E-state index in [0.29, 0.717) is 0 Å². The van der Waals surface area contributed by atoms with Crippen LogP contribution in [0.3, 0.4) is 0 Å². The third-order valence-corrected chi connectivity index (χ3v) is 2.39. The Morgan fingerprint density at radius 1 is 0.810 bits per heavy atom. The van der Waals surface area contributed by atoms with Gasteiger partial charge >= 0.3 is 35.5 Å². The van der Waals surface area contributed by atoms with Gasteiger partial charge in [0.15, 0.2) is 0 Å². The molecule has 0 saturated heterocycles. The number of carbonyl (C=O) groups excluding carboxylic acids is 1. The third-order valence-electron chi connectivity index (χ3n) is 2.39. The molecule has 2 aromatic carbocycles. The maximum absolute atomic E-state index is 10.2. The Hall–Kier alpha value is -1.62. The number of hydrogen-bond donors (Lipinski definition) is 1. The van der Waals surface area contributed by atoms with Gasteiger partial charge in [0.1, 0.15) is 0 Å². The van der Waals surface area contributed by atoms with E-state index in [1.807, 2.05) is 24.3 Å². The van der Waals surface area contributed by atoms with Gasteiger partial charge in [-0.3, -0.25) is 4.79 Å². The Balaban J connectivity index is 0.000000364. The standard InChI is InChI=1S/2C8H8O2.Na/c2*9-8(10)6-7-4-2-1-3-5-7;/h2*1-5H,6H2,(H,9,10);/q;;+1/p-1. The van der Waals surface area contributed by atoms with Crippen LogP contribution in [-0.2, 0) is 22.4 Å². The third kappa shape index (κ3) is 9.85. The summed E-state index contributed by atoms with van der Waals surface area (Å²) in [6.07, 6.45) is 0.113. The molecule has 0 atom stereocenters. The van der Waals surface area contributed by atoms with Crippen LogP contribution in [0.2, 0.25) is 0 Å². The second kappa shape index (κ2) is 11.1. The summed E-state index contributed by atoms with van der Waals surface area (Å²) in [6, 6.07) is 18.1. The van der Waals surface area contributed by atoms with Crippen LogP contribution in [-0.4, -0.2) is 17.0 Å².